The summed E-state index contributed by atoms with van der Waals surface area (Å²) in [6, 6.07) is 21.7. The number of fused-ring (bicyclic) bond motifs is 2. The number of nitrogens with zero attached hydrogens (tertiary/aromatic N) is 5. The first-order chi connectivity index (χ1) is 26.8. The highest BCUT2D eigenvalue weighted by Gasteiger charge is 2.34. The summed E-state index contributed by atoms with van der Waals surface area (Å²) in [5.41, 5.74) is 7.11. The summed E-state index contributed by atoms with van der Waals surface area (Å²) in [4.78, 5) is 20.1. The summed E-state index contributed by atoms with van der Waals surface area (Å²) in [5.74, 6) is 0.556. The zero-order chi connectivity index (χ0) is 39.6. The second kappa shape index (κ2) is 16.7. The van der Waals surface area contributed by atoms with Crippen LogP contribution in [-0.4, -0.2) is 65.7 Å². The van der Waals surface area contributed by atoms with Gasteiger partial charge < -0.3 is 29.0 Å². The van der Waals surface area contributed by atoms with E-state index in [1.807, 2.05) is 52.0 Å². The lowest BCUT2D eigenvalue weighted by atomic mass is 9.96. The van der Waals surface area contributed by atoms with Gasteiger partial charge in [0.25, 0.3) is 0 Å². The van der Waals surface area contributed by atoms with E-state index < -0.39 is 22.0 Å². The molecule has 1 N–H and O–H groups in total. The Kier molecular flexibility index (Phi) is 11.9. The molecule has 3 heterocycles. The van der Waals surface area contributed by atoms with Gasteiger partial charge in [-0.3, -0.25) is 0 Å². The highest BCUT2D eigenvalue weighted by Crippen LogP contribution is 2.37. The maximum Gasteiger partial charge on any atom is 0.318 e. The average Bonchev–Trinajstić information content (AvgIpc) is 3.61. The Morgan fingerprint density at radius 1 is 0.911 bits per heavy atom. The fourth-order valence-electron chi connectivity index (χ4n) is 6.89. The number of carbonyl (C=O) groups is 1. The molecule has 13 heteroatoms. The van der Waals surface area contributed by atoms with E-state index in [1.165, 1.54) is 0 Å². The fraction of sp³-hybridized carbons (Fsp3) is 0.465. The lowest BCUT2D eigenvalue weighted by Gasteiger charge is -2.19. The van der Waals surface area contributed by atoms with Crippen LogP contribution in [0.2, 0.25) is 51.4 Å². The van der Waals surface area contributed by atoms with E-state index in [-0.39, 0.29) is 24.6 Å². The normalized spacial score (nSPS) is 14.5. The minimum Gasteiger partial charge on any atom is -0.486 e. The number of carbonyl (C=O) groups excluding carboxylic acids is 1. The Labute approximate surface area is 332 Å². The molecule has 2 aromatic heterocycles. The summed E-state index contributed by atoms with van der Waals surface area (Å²) >= 11 is 0. The van der Waals surface area contributed by atoms with Gasteiger partial charge in [0, 0.05) is 40.8 Å². The van der Waals surface area contributed by atoms with Crippen LogP contribution in [0.1, 0.15) is 42.3 Å². The molecule has 56 heavy (non-hydrogen) atoms. The molecular weight excluding hydrogens is 740 g/mol. The van der Waals surface area contributed by atoms with Crippen LogP contribution in [-0.2, 0) is 49.1 Å². The van der Waals surface area contributed by atoms with Crippen LogP contribution in [0.5, 0.6) is 5.75 Å². The van der Waals surface area contributed by atoms with Crippen LogP contribution >= 0.6 is 0 Å². The molecule has 0 bridgehead atoms. The smallest absolute Gasteiger partial charge is 0.318 e. The summed E-state index contributed by atoms with van der Waals surface area (Å²) in [6.07, 6.45) is 2.78. The zero-order valence-electron chi connectivity index (χ0n) is 34.1. The number of ether oxygens (including phenoxy) is 3. The number of halogens is 1. The number of aryl methyl sites for hydroxylation is 1. The second-order valence-corrected chi connectivity index (χ2v) is 28.9. The molecule has 1 aliphatic carbocycles. The van der Waals surface area contributed by atoms with E-state index in [2.05, 4.69) is 68.2 Å². The van der Waals surface area contributed by atoms with E-state index in [0.717, 1.165) is 75.2 Å². The highest BCUT2D eigenvalue weighted by atomic mass is 28.3. The van der Waals surface area contributed by atoms with Crippen LogP contribution in [0.25, 0.3) is 33.5 Å². The summed E-state index contributed by atoms with van der Waals surface area (Å²) < 4.78 is 38.3. The van der Waals surface area contributed by atoms with Gasteiger partial charge in [-0.05, 0) is 77.9 Å². The van der Waals surface area contributed by atoms with Crippen molar-refractivity contribution in [2.75, 3.05) is 13.2 Å². The summed E-state index contributed by atoms with van der Waals surface area (Å²) in [5, 5.41) is 9.23. The fourth-order valence-corrected chi connectivity index (χ4v) is 8.40. The van der Waals surface area contributed by atoms with Gasteiger partial charge in [0.1, 0.15) is 25.8 Å². The van der Waals surface area contributed by atoms with Crippen molar-refractivity contribution in [3.63, 3.8) is 0 Å². The molecule has 10 nitrogen and oxygen atoms in total. The van der Waals surface area contributed by atoms with Crippen molar-refractivity contribution in [3.8, 4) is 28.4 Å². The quantitative estimate of drug-likeness (QED) is 0.0744. The van der Waals surface area contributed by atoms with Crippen molar-refractivity contribution >= 4 is 33.1 Å². The van der Waals surface area contributed by atoms with Gasteiger partial charge in [-0.2, -0.15) is 5.10 Å². The molecule has 5 aromatic rings. The number of nitrogens with one attached hydrogen (secondary N) is 1. The molecule has 0 saturated heterocycles. The molecule has 7 rings (SSSR count). The molecule has 0 unspecified atom stereocenters. The maximum atomic E-state index is 15.7. The van der Waals surface area contributed by atoms with Crippen LogP contribution in [0.4, 0.5) is 9.18 Å². The number of benzene rings is 3. The minimum absolute atomic E-state index is 0.0466. The molecule has 298 valence electrons. The van der Waals surface area contributed by atoms with Crippen molar-refractivity contribution < 1.29 is 23.4 Å². The Morgan fingerprint density at radius 2 is 1.62 bits per heavy atom. The lowest BCUT2D eigenvalue weighted by molar-refractivity contribution is 0.0814. The van der Waals surface area contributed by atoms with E-state index in [1.54, 1.807) is 6.07 Å². The van der Waals surface area contributed by atoms with Gasteiger partial charge in [0.2, 0.25) is 0 Å². The number of hydrogen-bond donors (Lipinski definition) is 1. The van der Waals surface area contributed by atoms with Crippen LogP contribution in [0.3, 0.4) is 0 Å². The first-order valence-electron chi connectivity index (χ1n) is 20.1. The topological polar surface area (TPSA) is 95.7 Å². The van der Waals surface area contributed by atoms with Gasteiger partial charge in [-0.25, -0.2) is 18.9 Å². The lowest BCUT2D eigenvalue weighted by Crippen LogP contribution is -2.38. The van der Waals surface area contributed by atoms with E-state index >= 15 is 4.39 Å². The largest absolute Gasteiger partial charge is 0.486 e. The van der Waals surface area contributed by atoms with Crippen molar-refractivity contribution in [3.05, 3.63) is 89.0 Å². The SMILES string of the molecule is CCc1cc(OCc2ccccc2)c(F)cc1-c1ccc2c(-c3nc4c(n3COCC[Si](C)(C)C)CN(C(=O)NC3CC3)C4)nn(COCC[Si](C)(C)C)c2c1. The molecule has 2 amide bonds. The summed E-state index contributed by atoms with van der Waals surface area (Å²) in [6.45, 7) is 19.2. The van der Waals surface area contributed by atoms with Gasteiger partial charge >= 0.3 is 6.03 Å². The minimum atomic E-state index is -1.31. The molecule has 0 radical (unpaired) electrons. The third kappa shape index (κ3) is 9.62. The molecule has 3 aromatic carbocycles. The van der Waals surface area contributed by atoms with Gasteiger partial charge in [-0.15, -0.1) is 0 Å². The molecule has 0 spiro atoms. The second-order valence-electron chi connectivity index (χ2n) is 17.7. The molecule has 2 aliphatic rings. The predicted molar refractivity (Wildman–Crippen MR) is 226 cm³/mol. The van der Waals surface area contributed by atoms with Gasteiger partial charge in [-0.1, -0.05) is 82.6 Å². The Bertz CT molecular complexity index is 2170. The van der Waals surface area contributed by atoms with Gasteiger partial charge in [0.15, 0.2) is 17.4 Å². The summed E-state index contributed by atoms with van der Waals surface area (Å²) in [7, 11) is -2.62. The number of rotatable bonds is 17. The Balaban J connectivity index is 1.24. The third-order valence-electron chi connectivity index (χ3n) is 10.5. The number of aromatic nitrogens is 4. The Hall–Kier alpha value is -4.31. The standard InChI is InChI=1S/C43H57FN6O4Si2/c1-8-31-23-40(54-27-30-12-10-9-11-13-30)36(44)24-35(31)32-14-17-34-38(22-32)50(29-53-19-21-56(5,6)7)47-41(34)42-46-37-25-48(43(51)45-33-15-16-33)26-39(37)49(42)28-52-18-20-55(2,3)4/h9-14,17,22-24,33H,8,15-16,18-21,25-29H2,1-7H3,(H,45,51). The number of amides is 2. The van der Waals surface area contributed by atoms with Crippen molar-refractivity contribution in [1.82, 2.24) is 29.5 Å². The number of urea groups is 1. The molecule has 1 fully saturated rings. The Morgan fingerprint density at radius 3 is 2.30 bits per heavy atom. The first-order valence-corrected chi connectivity index (χ1v) is 27.5. The highest BCUT2D eigenvalue weighted by molar-refractivity contribution is 6.76. The predicted octanol–water partition coefficient (Wildman–Crippen LogP) is 9.66. The number of imidazole rings is 1. The first kappa shape index (κ1) is 39.9. The number of hydrogen-bond acceptors (Lipinski definition) is 6. The molecule has 0 atom stereocenters. The molecule has 1 saturated carbocycles. The average molecular weight is 797 g/mol. The van der Waals surface area contributed by atoms with E-state index in [4.69, 9.17) is 24.3 Å². The molecular formula is C43H57FN6O4Si2. The van der Waals surface area contributed by atoms with Crippen LogP contribution < -0.4 is 10.1 Å². The van der Waals surface area contributed by atoms with E-state index in [0.29, 0.717) is 51.9 Å². The molecule has 1 aliphatic heterocycles. The maximum absolute atomic E-state index is 15.7. The third-order valence-corrected chi connectivity index (χ3v) is 13.9. The van der Waals surface area contributed by atoms with Gasteiger partial charge in [0.05, 0.1) is 30.0 Å². The monoisotopic (exact) mass is 796 g/mol. The zero-order valence-corrected chi connectivity index (χ0v) is 36.1. The van der Waals surface area contributed by atoms with Crippen LogP contribution in [0, 0.1) is 5.82 Å². The van der Waals surface area contributed by atoms with Crippen molar-refractivity contribution in [2.45, 2.75) is 117 Å². The van der Waals surface area contributed by atoms with E-state index in [9.17, 15) is 4.79 Å². The van der Waals surface area contributed by atoms with Crippen molar-refractivity contribution in [2.24, 2.45) is 0 Å². The van der Waals surface area contributed by atoms with Crippen molar-refractivity contribution in [1.29, 1.82) is 0 Å². The van der Waals surface area contributed by atoms with Crippen LogP contribution in [0.15, 0.2) is 60.7 Å².